The van der Waals surface area contributed by atoms with Gasteiger partial charge in [0.05, 0.1) is 30.6 Å². The minimum absolute atomic E-state index is 0.0278. The lowest BCUT2D eigenvalue weighted by atomic mass is 9.94. The normalized spacial score (nSPS) is 26.7. The standard InChI is InChI=1S/C17H21NO4/c1-20-17(19)13-7-5-12(6-8-13)16-10-14(18-21-2)9-15(22-16)11-3-4-11/h5-8,11,15-16H,3-4,9-10H2,1-2H3/t15-,16+/m0/s1. The van der Waals surface area contributed by atoms with Gasteiger partial charge in [0.15, 0.2) is 0 Å². The lowest BCUT2D eigenvalue weighted by Gasteiger charge is -2.31. The third-order valence-corrected chi connectivity index (χ3v) is 4.27. The summed E-state index contributed by atoms with van der Waals surface area (Å²) in [6, 6.07) is 7.41. The van der Waals surface area contributed by atoms with Gasteiger partial charge in [-0.05, 0) is 36.5 Å². The molecule has 2 atom stereocenters. The number of rotatable bonds is 4. The van der Waals surface area contributed by atoms with Crippen LogP contribution in [-0.4, -0.2) is 32.0 Å². The second-order valence-corrected chi connectivity index (χ2v) is 5.86. The number of esters is 1. The zero-order valence-electron chi connectivity index (χ0n) is 13.0. The average molecular weight is 303 g/mol. The Kier molecular flexibility index (Phi) is 4.43. The van der Waals surface area contributed by atoms with E-state index in [0.29, 0.717) is 11.5 Å². The molecule has 1 saturated carbocycles. The van der Waals surface area contributed by atoms with Crippen molar-refractivity contribution in [1.29, 1.82) is 0 Å². The second kappa shape index (κ2) is 6.48. The number of nitrogens with zero attached hydrogens (tertiary/aromatic N) is 1. The minimum atomic E-state index is -0.325. The number of oxime groups is 1. The molecule has 0 bridgehead atoms. The summed E-state index contributed by atoms with van der Waals surface area (Å²) < 4.78 is 11.0. The summed E-state index contributed by atoms with van der Waals surface area (Å²) in [7, 11) is 2.96. The van der Waals surface area contributed by atoms with E-state index in [-0.39, 0.29) is 18.2 Å². The van der Waals surface area contributed by atoms with Crippen LogP contribution in [0.3, 0.4) is 0 Å². The highest BCUT2D eigenvalue weighted by Crippen LogP contribution is 2.42. The van der Waals surface area contributed by atoms with E-state index in [1.165, 1.54) is 20.0 Å². The first-order valence-corrected chi connectivity index (χ1v) is 7.64. The van der Waals surface area contributed by atoms with Gasteiger partial charge in [0.2, 0.25) is 0 Å². The molecule has 1 aliphatic heterocycles. The number of carbonyl (C=O) groups is 1. The second-order valence-electron chi connectivity index (χ2n) is 5.86. The van der Waals surface area contributed by atoms with Crippen LogP contribution >= 0.6 is 0 Å². The zero-order valence-corrected chi connectivity index (χ0v) is 13.0. The molecule has 1 heterocycles. The Morgan fingerprint density at radius 1 is 1.18 bits per heavy atom. The van der Waals surface area contributed by atoms with Gasteiger partial charge < -0.3 is 14.3 Å². The van der Waals surface area contributed by atoms with Crippen LogP contribution in [0.2, 0.25) is 0 Å². The van der Waals surface area contributed by atoms with E-state index in [2.05, 4.69) is 5.16 Å². The molecule has 0 N–H and O–H groups in total. The van der Waals surface area contributed by atoms with Crippen molar-refractivity contribution in [2.24, 2.45) is 11.1 Å². The molecule has 1 saturated heterocycles. The lowest BCUT2D eigenvalue weighted by molar-refractivity contribution is -0.0317. The predicted molar refractivity (Wildman–Crippen MR) is 81.8 cm³/mol. The van der Waals surface area contributed by atoms with Crippen LogP contribution in [0.25, 0.3) is 0 Å². The number of hydrogen-bond acceptors (Lipinski definition) is 5. The summed E-state index contributed by atoms with van der Waals surface area (Å²) in [4.78, 5) is 16.4. The molecule has 1 aromatic carbocycles. The number of methoxy groups -OCH3 is 1. The average Bonchev–Trinajstić information content (AvgIpc) is 3.39. The van der Waals surface area contributed by atoms with Gasteiger partial charge >= 0.3 is 5.97 Å². The molecule has 1 aromatic rings. The Hall–Kier alpha value is -1.88. The molecule has 0 amide bonds. The van der Waals surface area contributed by atoms with Crippen molar-refractivity contribution in [3.8, 4) is 0 Å². The molecule has 0 spiro atoms. The highest BCUT2D eigenvalue weighted by Gasteiger charge is 2.38. The van der Waals surface area contributed by atoms with Crippen molar-refractivity contribution in [3.63, 3.8) is 0 Å². The molecular formula is C17H21NO4. The van der Waals surface area contributed by atoms with E-state index in [0.717, 1.165) is 24.1 Å². The summed E-state index contributed by atoms with van der Waals surface area (Å²) in [5, 5.41) is 4.14. The van der Waals surface area contributed by atoms with E-state index in [1.54, 1.807) is 19.2 Å². The van der Waals surface area contributed by atoms with Crippen molar-refractivity contribution in [2.45, 2.75) is 37.9 Å². The quantitative estimate of drug-likeness (QED) is 0.633. The summed E-state index contributed by atoms with van der Waals surface area (Å²) in [5.74, 6) is 0.327. The Morgan fingerprint density at radius 2 is 1.91 bits per heavy atom. The van der Waals surface area contributed by atoms with Crippen LogP contribution in [0.5, 0.6) is 0 Å². The third-order valence-electron chi connectivity index (χ3n) is 4.27. The Labute approximate surface area is 130 Å². The molecule has 2 fully saturated rings. The maximum absolute atomic E-state index is 11.5. The fourth-order valence-electron chi connectivity index (χ4n) is 2.93. The van der Waals surface area contributed by atoms with Crippen LogP contribution in [0.4, 0.5) is 0 Å². The molecule has 0 radical (unpaired) electrons. The van der Waals surface area contributed by atoms with Gasteiger partial charge in [-0.3, -0.25) is 0 Å². The van der Waals surface area contributed by atoms with Crippen LogP contribution in [-0.2, 0) is 14.3 Å². The van der Waals surface area contributed by atoms with Gasteiger partial charge in [0.25, 0.3) is 0 Å². The van der Waals surface area contributed by atoms with Gasteiger partial charge in [0.1, 0.15) is 7.11 Å². The predicted octanol–water partition coefficient (Wildman–Crippen LogP) is 3.11. The molecule has 0 aromatic heterocycles. The maximum Gasteiger partial charge on any atom is 0.337 e. The molecule has 5 nitrogen and oxygen atoms in total. The first kappa shape index (κ1) is 15.0. The van der Waals surface area contributed by atoms with E-state index in [9.17, 15) is 4.79 Å². The summed E-state index contributed by atoms with van der Waals surface area (Å²) in [5.41, 5.74) is 2.65. The van der Waals surface area contributed by atoms with Crippen LogP contribution in [0.1, 0.15) is 47.7 Å². The van der Waals surface area contributed by atoms with Crippen LogP contribution < -0.4 is 0 Å². The third kappa shape index (κ3) is 3.30. The molecule has 2 aliphatic rings. The van der Waals surface area contributed by atoms with E-state index in [4.69, 9.17) is 14.3 Å². The first-order valence-electron chi connectivity index (χ1n) is 7.64. The number of hydrogen-bond donors (Lipinski definition) is 0. The maximum atomic E-state index is 11.5. The molecular weight excluding hydrogens is 282 g/mol. The van der Waals surface area contributed by atoms with Crippen LogP contribution in [0.15, 0.2) is 29.4 Å². The fourth-order valence-corrected chi connectivity index (χ4v) is 2.93. The van der Waals surface area contributed by atoms with Crippen molar-refractivity contribution in [3.05, 3.63) is 35.4 Å². The minimum Gasteiger partial charge on any atom is -0.465 e. The Morgan fingerprint density at radius 3 is 2.50 bits per heavy atom. The van der Waals surface area contributed by atoms with E-state index < -0.39 is 0 Å². The number of carbonyl (C=O) groups excluding carboxylic acids is 1. The lowest BCUT2D eigenvalue weighted by Crippen LogP contribution is -2.30. The molecule has 1 aliphatic carbocycles. The highest BCUT2D eigenvalue weighted by molar-refractivity contribution is 5.89. The summed E-state index contributed by atoms with van der Waals surface area (Å²) in [6.07, 6.45) is 4.26. The van der Waals surface area contributed by atoms with Crippen molar-refractivity contribution >= 4 is 11.7 Å². The number of ether oxygens (including phenoxy) is 2. The van der Waals surface area contributed by atoms with Crippen molar-refractivity contribution in [2.75, 3.05) is 14.2 Å². The first-order chi connectivity index (χ1) is 10.7. The van der Waals surface area contributed by atoms with Gasteiger partial charge in [-0.2, -0.15) is 0 Å². The Bertz CT molecular complexity index is 563. The van der Waals surface area contributed by atoms with Gasteiger partial charge in [-0.15, -0.1) is 0 Å². The molecule has 3 rings (SSSR count). The zero-order chi connectivity index (χ0) is 15.5. The smallest absolute Gasteiger partial charge is 0.337 e. The monoisotopic (exact) mass is 303 g/mol. The van der Waals surface area contributed by atoms with Gasteiger partial charge in [-0.1, -0.05) is 17.3 Å². The van der Waals surface area contributed by atoms with Crippen LogP contribution in [0, 0.1) is 5.92 Å². The molecule has 5 heteroatoms. The highest BCUT2D eigenvalue weighted by atomic mass is 16.6. The van der Waals surface area contributed by atoms with E-state index >= 15 is 0 Å². The van der Waals surface area contributed by atoms with Gasteiger partial charge in [-0.25, -0.2) is 4.79 Å². The largest absolute Gasteiger partial charge is 0.465 e. The fraction of sp³-hybridized carbons (Fsp3) is 0.529. The summed E-state index contributed by atoms with van der Waals surface area (Å²) >= 11 is 0. The molecule has 22 heavy (non-hydrogen) atoms. The summed E-state index contributed by atoms with van der Waals surface area (Å²) in [6.45, 7) is 0. The molecule has 118 valence electrons. The Balaban J connectivity index is 1.76. The number of benzene rings is 1. The topological polar surface area (TPSA) is 57.1 Å². The SMILES string of the molecule is CON=C1C[C@@H](C2CC2)O[C@@H](c2ccc(C(=O)OC)cc2)C1. The molecule has 0 unspecified atom stereocenters. The van der Waals surface area contributed by atoms with Crippen molar-refractivity contribution < 1.29 is 19.1 Å². The van der Waals surface area contributed by atoms with Crippen molar-refractivity contribution in [1.82, 2.24) is 0 Å². The van der Waals surface area contributed by atoms with E-state index in [1.807, 2.05) is 12.1 Å². The van der Waals surface area contributed by atoms with Gasteiger partial charge in [0, 0.05) is 12.8 Å².